The second-order valence-electron chi connectivity index (χ2n) is 5.55. The van der Waals surface area contributed by atoms with Crippen LogP contribution < -0.4 is 10.6 Å². The van der Waals surface area contributed by atoms with Crippen molar-refractivity contribution in [2.75, 3.05) is 6.54 Å². The maximum absolute atomic E-state index is 12.1. The summed E-state index contributed by atoms with van der Waals surface area (Å²) in [6.07, 6.45) is 6.65. The summed E-state index contributed by atoms with van der Waals surface area (Å²) in [4.78, 5) is 23.1. The van der Waals surface area contributed by atoms with Crippen LogP contribution in [0.1, 0.15) is 51.4 Å². The summed E-state index contributed by atoms with van der Waals surface area (Å²) < 4.78 is 0. The zero-order valence-corrected chi connectivity index (χ0v) is 10.7. The molecular weight excluding hydrogens is 232 g/mol. The molecule has 2 fully saturated rings. The second kappa shape index (κ2) is 5.69. The summed E-state index contributed by atoms with van der Waals surface area (Å²) in [5.41, 5.74) is -0.508. The van der Waals surface area contributed by atoms with Crippen molar-refractivity contribution in [1.82, 2.24) is 10.6 Å². The zero-order chi connectivity index (χ0) is 13.0. The number of carboxylic acids is 1. The lowest BCUT2D eigenvalue weighted by Gasteiger charge is -2.37. The molecule has 0 aromatic heterocycles. The van der Waals surface area contributed by atoms with Crippen molar-refractivity contribution in [2.24, 2.45) is 0 Å². The standard InChI is InChI=1S/C13H22N2O3/c16-11(17)9-13(6-2-1-3-7-13)15-12(18)10-5-4-8-14-10/h10,14H,1-9H2,(H,15,18)(H,16,17). The Balaban J connectivity index is 1.99. The number of rotatable bonds is 4. The highest BCUT2D eigenvalue weighted by Crippen LogP contribution is 2.31. The lowest BCUT2D eigenvalue weighted by atomic mass is 9.79. The maximum atomic E-state index is 12.1. The Morgan fingerprint density at radius 2 is 1.94 bits per heavy atom. The molecule has 5 heteroatoms. The van der Waals surface area contributed by atoms with E-state index in [2.05, 4.69) is 10.6 Å². The Labute approximate surface area is 107 Å². The second-order valence-corrected chi connectivity index (χ2v) is 5.55. The van der Waals surface area contributed by atoms with Gasteiger partial charge in [-0.25, -0.2) is 0 Å². The van der Waals surface area contributed by atoms with Crippen molar-refractivity contribution < 1.29 is 14.7 Å². The van der Waals surface area contributed by atoms with Gasteiger partial charge in [-0.3, -0.25) is 9.59 Å². The average Bonchev–Trinajstić information content (AvgIpc) is 2.82. The molecule has 18 heavy (non-hydrogen) atoms. The maximum Gasteiger partial charge on any atom is 0.305 e. The third kappa shape index (κ3) is 3.22. The number of nitrogens with one attached hydrogen (secondary N) is 2. The molecule has 1 saturated heterocycles. The highest BCUT2D eigenvalue weighted by atomic mass is 16.4. The molecule has 1 amide bonds. The fourth-order valence-electron chi connectivity index (χ4n) is 3.12. The first-order valence-electron chi connectivity index (χ1n) is 6.89. The van der Waals surface area contributed by atoms with Gasteiger partial charge >= 0.3 is 5.97 Å². The van der Waals surface area contributed by atoms with Crippen LogP contribution in [-0.4, -0.2) is 35.1 Å². The first kappa shape index (κ1) is 13.3. The van der Waals surface area contributed by atoms with E-state index in [0.717, 1.165) is 51.5 Å². The van der Waals surface area contributed by atoms with Crippen LogP contribution in [-0.2, 0) is 9.59 Å². The first-order chi connectivity index (χ1) is 8.61. The number of aliphatic carboxylic acids is 1. The molecule has 1 unspecified atom stereocenters. The fourth-order valence-corrected chi connectivity index (χ4v) is 3.12. The van der Waals surface area contributed by atoms with Gasteiger partial charge in [-0.15, -0.1) is 0 Å². The molecule has 0 aromatic carbocycles. The highest BCUT2D eigenvalue weighted by Gasteiger charge is 2.37. The van der Waals surface area contributed by atoms with E-state index in [0.29, 0.717) is 0 Å². The Hall–Kier alpha value is -1.10. The third-order valence-electron chi connectivity index (χ3n) is 4.07. The molecule has 0 aromatic rings. The molecule has 0 bridgehead atoms. The molecule has 2 rings (SSSR count). The number of hydrogen-bond acceptors (Lipinski definition) is 3. The van der Waals surface area contributed by atoms with Gasteiger partial charge in [-0.2, -0.15) is 0 Å². The Bertz CT molecular complexity index is 318. The van der Waals surface area contributed by atoms with E-state index in [1.165, 1.54) is 0 Å². The van der Waals surface area contributed by atoms with E-state index in [4.69, 9.17) is 5.11 Å². The minimum atomic E-state index is -0.823. The zero-order valence-electron chi connectivity index (χ0n) is 10.7. The molecule has 0 spiro atoms. The van der Waals surface area contributed by atoms with E-state index in [1.807, 2.05) is 0 Å². The molecule has 1 aliphatic carbocycles. The lowest BCUT2D eigenvalue weighted by Crippen LogP contribution is -2.55. The van der Waals surface area contributed by atoms with Gasteiger partial charge in [-0.05, 0) is 32.2 Å². The van der Waals surface area contributed by atoms with E-state index >= 15 is 0 Å². The predicted molar refractivity (Wildman–Crippen MR) is 67.2 cm³/mol. The quantitative estimate of drug-likeness (QED) is 0.700. The molecule has 1 atom stereocenters. The summed E-state index contributed by atoms with van der Waals surface area (Å²) in [6.45, 7) is 0.879. The van der Waals surface area contributed by atoms with Crippen LogP contribution in [0.5, 0.6) is 0 Å². The smallest absolute Gasteiger partial charge is 0.305 e. The molecule has 0 radical (unpaired) electrons. The monoisotopic (exact) mass is 254 g/mol. The summed E-state index contributed by atoms with van der Waals surface area (Å²) in [6, 6.07) is -0.127. The van der Waals surface area contributed by atoms with E-state index in [1.54, 1.807) is 0 Å². The van der Waals surface area contributed by atoms with E-state index in [9.17, 15) is 9.59 Å². The van der Waals surface area contributed by atoms with Gasteiger partial charge in [0.1, 0.15) is 0 Å². The minimum Gasteiger partial charge on any atom is -0.481 e. The van der Waals surface area contributed by atoms with Gasteiger partial charge < -0.3 is 15.7 Å². The van der Waals surface area contributed by atoms with Crippen LogP contribution >= 0.6 is 0 Å². The predicted octanol–water partition coefficient (Wildman–Crippen LogP) is 1.03. The van der Waals surface area contributed by atoms with E-state index < -0.39 is 11.5 Å². The molecule has 3 N–H and O–H groups in total. The molecule has 1 heterocycles. The van der Waals surface area contributed by atoms with Gasteiger partial charge in [0.2, 0.25) is 5.91 Å². The molecule has 5 nitrogen and oxygen atoms in total. The summed E-state index contributed by atoms with van der Waals surface area (Å²) in [5, 5.41) is 15.2. The summed E-state index contributed by atoms with van der Waals surface area (Å²) >= 11 is 0. The SMILES string of the molecule is O=C(O)CC1(NC(=O)C2CCCN2)CCCCC1. The summed E-state index contributed by atoms with van der Waals surface area (Å²) in [5.74, 6) is -0.841. The van der Waals surface area contributed by atoms with Crippen molar-refractivity contribution in [3.63, 3.8) is 0 Å². The molecule has 1 aliphatic heterocycles. The van der Waals surface area contributed by atoms with Gasteiger partial charge in [0.25, 0.3) is 0 Å². The molecule has 2 aliphatic rings. The normalized spacial score (nSPS) is 26.8. The average molecular weight is 254 g/mol. The molecule has 102 valence electrons. The molecular formula is C13H22N2O3. The fraction of sp³-hybridized carbons (Fsp3) is 0.846. The summed E-state index contributed by atoms with van der Waals surface area (Å²) in [7, 11) is 0. The Morgan fingerprint density at radius 3 is 2.50 bits per heavy atom. The number of amides is 1. The Morgan fingerprint density at radius 1 is 1.22 bits per heavy atom. The largest absolute Gasteiger partial charge is 0.481 e. The van der Waals surface area contributed by atoms with Crippen LogP contribution in [0.25, 0.3) is 0 Å². The van der Waals surface area contributed by atoms with Gasteiger partial charge in [-0.1, -0.05) is 19.3 Å². The molecule has 1 saturated carbocycles. The van der Waals surface area contributed by atoms with E-state index in [-0.39, 0.29) is 18.4 Å². The van der Waals surface area contributed by atoms with Crippen LogP contribution in [0, 0.1) is 0 Å². The van der Waals surface area contributed by atoms with Gasteiger partial charge in [0.15, 0.2) is 0 Å². The van der Waals surface area contributed by atoms with Gasteiger partial charge in [0.05, 0.1) is 18.0 Å². The first-order valence-corrected chi connectivity index (χ1v) is 6.89. The highest BCUT2D eigenvalue weighted by molar-refractivity contribution is 5.83. The van der Waals surface area contributed by atoms with Crippen molar-refractivity contribution in [3.05, 3.63) is 0 Å². The lowest BCUT2D eigenvalue weighted by molar-refractivity contribution is -0.139. The number of carbonyl (C=O) groups is 2. The Kier molecular flexibility index (Phi) is 4.22. The van der Waals surface area contributed by atoms with Crippen LogP contribution in [0.4, 0.5) is 0 Å². The number of carboxylic acid groups (broad SMARTS) is 1. The topological polar surface area (TPSA) is 78.4 Å². The van der Waals surface area contributed by atoms with Crippen molar-refractivity contribution in [2.45, 2.75) is 62.9 Å². The van der Waals surface area contributed by atoms with Crippen LogP contribution in [0.3, 0.4) is 0 Å². The van der Waals surface area contributed by atoms with Crippen LogP contribution in [0.2, 0.25) is 0 Å². The number of carbonyl (C=O) groups excluding carboxylic acids is 1. The van der Waals surface area contributed by atoms with Crippen molar-refractivity contribution in [3.8, 4) is 0 Å². The number of hydrogen-bond donors (Lipinski definition) is 3. The van der Waals surface area contributed by atoms with Crippen molar-refractivity contribution >= 4 is 11.9 Å². The van der Waals surface area contributed by atoms with Crippen molar-refractivity contribution in [1.29, 1.82) is 0 Å². The third-order valence-corrected chi connectivity index (χ3v) is 4.07. The van der Waals surface area contributed by atoms with Crippen LogP contribution in [0.15, 0.2) is 0 Å². The van der Waals surface area contributed by atoms with Gasteiger partial charge in [0, 0.05) is 0 Å². The minimum absolute atomic E-state index is 0.0179.